The summed E-state index contributed by atoms with van der Waals surface area (Å²) in [6, 6.07) is 0. The lowest BCUT2D eigenvalue weighted by Crippen LogP contribution is -1.99. The molecule has 0 radical (unpaired) electrons. The molecule has 1 unspecified atom stereocenters. The van der Waals surface area contributed by atoms with E-state index in [-0.39, 0.29) is 0 Å². The van der Waals surface area contributed by atoms with Gasteiger partial charge in [-0.25, -0.2) is 0 Å². The van der Waals surface area contributed by atoms with Crippen LogP contribution in [0.1, 0.15) is 39.0 Å². The molecule has 11 heavy (non-hydrogen) atoms. The highest BCUT2D eigenvalue weighted by molar-refractivity contribution is 9.09. The molecule has 0 aromatic rings. The Bertz CT molecular complexity index is 88.9. The van der Waals surface area contributed by atoms with Gasteiger partial charge in [0.05, 0.1) is 0 Å². The number of rotatable bonds is 7. The van der Waals surface area contributed by atoms with E-state index >= 15 is 0 Å². The van der Waals surface area contributed by atoms with Crippen LogP contribution >= 0.6 is 15.9 Å². The predicted octanol–water partition coefficient (Wildman–Crippen LogP) is 4.15. The second-order valence-electron chi connectivity index (χ2n) is 3.04. The molecule has 0 heterocycles. The minimum atomic E-state index is 0.819. The summed E-state index contributed by atoms with van der Waals surface area (Å²) in [5, 5.41) is 1.13. The van der Waals surface area contributed by atoms with E-state index in [9.17, 15) is 0 Å². The maximum absolute atomic E-state index is 3.76. The molecule has 0 aliphatic rings. The minimum Gasteiger partial charge on any atom is -0.103 e. The number of hydrogen-bond donors (Lipinski definition) is 0. The van der Waals surface area contributed by atoms with Crippen LogP contribution in [0.3, 0.4) is 0 Å². The third-order valence-electron chi connectivity index (χ3n) is 1.93. The first kappa shape index (κ1) is 11.2. The van der Waals surface area contributed by atoms with Crippen LogP contribution in [-0.2, 0) is 0 Å². The zero-order chi connectivity index (χ0) is 8.53. The Labute approximate surface area is 79.2 Å². The Morgan fingerprint density at radius 2 is 2.18 bits per heavy atom. The Kier molecular flexibility index (Phi) is 8.48. The van der Waals surface area contributed by atoms with Gasteiger partial charge in [0.15, 0.2) is 0 Å². The van der Waals surface area contributed by atoms with E-state index in [4.69, 9.17) is 0 Å². The first-order valence-corrected chi connectivity index (χ1v) is 5.64. The third kappa shape index (κ3) is 6.61. The summed E-state index contributed by atoms with van der Waals surface area (Å²) < 4.78 is 0. The summed E-state index contributed by atoms with van der Waals surface area (Å²) in [6.07, 6.45) is 8.61. The highest BCUT2D eigenvalue weighted by Gasteiger charge is 2.03. The number of halogens is 1. The fraction of sp³-hybridized carbons (Fsp3) is 0.800. The first-order valence-electron chi connectivity index (χ1n) is 4.52. The molecule has 0 aromatic heterocycles. The van der Waals surface area contributed by atoms with Crippen molar-refractivity contribution in [3.05, 3.63) is 12.7 Å². The second kappa shape index (κ2) is 8.32. The van der Waals surface area contributed by atoms with Gasteiger partial charge >= 0.3 is 0 Å². The van der Waals surface area contributed by atoms with Gasteiger partial charge in [-0.1, -0.05) is 48.2 Å². The highest BCUT2D eigenvalue weighted by Crippen LogP contribution is 2.16. The lowest BCUT2D eigenvalue weighted by Gasteiger charge is -2.09. The average molecular weight is 219 g/mol. The fourth-order valence-corrected chi connectivity index (χ4v) is 1.76. The van der Waals surface area contributed by atoms with Gasteiger partial charge < -0.3 is 0 Å². The van der Waals surface area contributed by atoms with Gasteiger partial charge in [0.25, 0.3) is 0 Å². The number of hydrogen-bond acceptors (Lipinski definition) is 0. The van der Waals surface area contributed by atoms with Crippen LogP contribution in [0.2, 0.25) is 0 Å². The van der Waals surface area contributed by atoms with Crippen LogP contribution in [0.25, 0.3) is 0 Å². The van der Waals surface area contributed by atoms with Crippen molar-refractivity contribution in [2.45, 2.75) is 39.0 Å². The molecule has 0 saturated heterocycles. The van der Waals surface area contributed by atoms with Gasteiger partial charge in [0, 0.05) is 5.33 Å². The Morgan fingerprint density at radius 3 is 2.64 bits per heavy atom. The van der Waals surface area contributed by atoms with Crippen LogP contribution in [0, 0.1) is 5.92 Å². The number of alkyl halides is 1. The van der Waals surface area contributed by atoms with Crippen molar-refractivity contribution in [2.75, 3.05) is 5.33 Å². The topological polar surface area (TPSA) is 0 Å². The van der Waals surface area contributed by atoms with Crippen LogP contribution in [0.5, 0.6) is 0 Å². The standard InChI is InChI=1S/C10H19Br/c1-3-5-6-8-10(9-11)7-4-2/h4,10H,2-3,5-9H2,1H3. The third-order valence-corrected chi connectivity index (χ3v) is 2.85. The molecular weight excluding hydrogens is 200 g/mol. The van der Waals surface area contributed by atoms with E-state index in [0.717, 1.165) is 17.7 Å². The van der Waals surface area contributed by atoms with Crippen molar-refractivity contribution < 1.29 is 0 Å². The molecule has 0 rings (SSSR count). The molecule has 0 nitrogen and oxygen atoms in total. The van der Waals surface area contributed by atoms with Gasteiger partial charge in [0.2, 0.25) is 0 Å². The summed E-state index contributed by atoms with van der Waals surface area (Å²) in [7, 11) is 0. The normalized spacial score (nSPS) is 12.9. The molecule has 0 spiro atoms. The monoisotopic (exact) mass is 218 g/mol. The summed E-state index contributed by atoms with van der Waals surface area (Å²) in [5.74, 6) is 0.819. The first-order chi connectivity index (χ1) is 5.35. The van der Waals surface area contributed by atoms with Crippen molar-refractivity contribution in [3.8, 4) is 0 Å². The van der Waals surface area contributed by atoms with Crippen molar-refractivity contribution in [2.24, 2.45) is 5.92 Å². The molecule has 0 aliphatic heterocycles. The highest BCUT2D eigenvalue weighted by atomic mass is 79.9. The molecule has 0 bridgehead atoms. The van der Waals surface area contributed by atoms with Gasteiger partial charge in [0.1, 0.15) is 0 Å². The maximum atomic E-state index is 3.76. The smallest absolute Gasteiger partial charge is 0.00626 e. The zero-order valence-corrected chi connectivity index (χ0v) is 9.07. The molecule has 0 N–H and O–H groups in total. The van der Waals surface area contributed by atoms with Crippen LogP contribution in [0.15, 0.2) is 12.7 Å². The Hall–Kier alpha value is 0.220. The van der Waals surface area contributed by atoms with Gasteiger partial charge in [-0.15, -0.1) is 6.58 Å². The van der Waals surface area contributed by atoms with E-state index in [0.29, 0.717) is 0 Å². The van der Waals surface area contributed by atoms with Crippen molar-refractivity contribution in [1.82, 2.24) is 0 Å². The largest absolute Gasteiger partial charge is 0.103 e. The second-order valence-corrected chi connectivity index (χ2v) is 3.69. The van der Waals surface area contributed by atoms with E-state index in [2.05, 4.69) is 29.4 Å². The van der Waals surface area contributed by atoms with Gasteiger partial charge in [-0.3, -0.25) is 0 Å². The fourth-order valence-electron chi connectivity index (χ4n) is 1.18. The molecule has 1 heteroatoms. The molecule has 0 aliphatic carbocycles. The Balaban J connectivity index is 3.27. The van der Waals surface area contributed by atoms with E-state index in [1.54, 1.807) is 0 Å². The SMILES string of the molecule is C=CCC(CBr)CCCCC. The molecule has 66 valence electrons. The quantitative estimate of drug-likeness (QED) is 0.342. The van der Waals surface area contributed by atoms with Gasteiger partial charge in [-0.05, 0) is 18.8 Å². The molecular formula is C10H19Br. The van der Waals surface area contributed by atoms with Crippen molar-refractivity contribution in [3.63, 3.8) is 0 Å². The summed E-state index contributed by atoms with van der Waals surface area (Å²) in [4.78, 5) is 0. The average Bonchev–Trinajstić information content (AvgIpc) is 2.03. The summed E-state index contributed by atoms with van der Waals surface area (Å²) >= 11 is 3.52. The van der Waals surface area contributed by atoms with E-state index in [1.807, 2.05) is 6.08 Å². The Morgan fingerprint density at radius 1 is 1.45 bits per heavy atom. The lowest BCUT2D eigenvalue weighted by atomic mass is 10.0. The van der Waals surface area contributed by atoms with Crippen molar-refractivity contribution >= 4 is 15.9 Å². The van der Waals surface area contributed by atoms with E-state index in [1.165, 1.54) is 25.7 Å². The zero-order valence-electron chi connectivity index (χ0n) is 7.48. The summed E-state index contributed by atoms with van der Waals surface area (Å²) in [6.45, 7) is 6.00. The summed E-state index contributed by atoms with van der Waals surface area (Å²) in [5.41, 5.74) is 0. The molecule has 1 atom stereocenters. The molecule has 0 aromatic carbocycles. The number of allylic oxidation sites excluding steroid dienone is 1. The van der Waals surface area contributed by atoms with Crippen molar-refractivity contribution in [1.29, 1.82) is 0 Å². The molecule has 0 saturated carbocycles. The predicted molar refractivity (Wildman–Crippen MR) is 56.2 cm³/mol. The molecule has 0 amide bonds. The molecule has 0 fully saturated rings. The van der Waals surface area contributed by atoms with Crippen LogP contribution in [0.4, 0.5) is 0 Å². The lowest BCUT2D eigenvalue weighted by molar-refractivity contribution is 0.511. The van der Waals surface area contributed by atoms with Crippen LogP contribution < -0.4 is 0 Å². The van der Waals surface area contributed by atoms with Crippen LogP contribution in [-0.4, -0.2) is 5.33 Å². The van der Waals surface area contributed by atoms with Gasteiger partial charge in [-0.2, -0.15) is 0 Å². The van der Waals surface area contributed by atoms with E-state index < -0.39 is 0 Å². The minimum absolute atomic E-state index is 0.819. The maximum Gasteiger partial charge on any atom is 0.00626 e. The number of unbranched alkanes of at least 4 members (excludes halogenated alkanes) is 2.